The first kappa shape index (κ1) is 18.1. The number of hydrogen-bond acceptors (Lipinski definition) is 4. The van der Waals surface area contributed by atoms with Crippen LogP contribution in [0.1, 0.15) is 5.56 Å². The quantitative estimate of drug-likeness (QED) is 0.881. The third-order valence-electron chi connectivity index (χ3n) is 5.16. The van der Waals surface area contributed by atoms with E-state index in [0.29, 0.717) is 44.2 Å². The number of methoxy groups -OCH3 is 1. The third-order valence-corrected chi connectivity index (χ3v) is 5.16. The number of nitrogens with one attached hydrogen (secondary N) is 1. The molecule has 8 nitrogen and oxygen atoms in total. The standard InChI is InChI=1S/C20H23N5O3/c1-28-18-7-3-2-6-17(18)22-19(26)23-9-10-25-16(13-23)14-24(20(25)27)12-15-5-4-8-21-11-15/h2-8,11,16H,9-10,12-14H2,1H3,(H,22,26). The van der Waals surface area contributed by atoms with Gasteiger partial charge < -0.3 is 24.8 Å². The van der Waals surface area contributed by atoms with Crippen LogP contribution in [0, 0.1) is 0 Å². The Labute approximate surface area is 163 Å². The zero-order valence-electron chi connectivity index (χ0n) is 15.7. The minimum atomic E-state index is -0.178. The summed E-state index contributed by atoms with van der Waals surface area (Å²) in [5.41, 5.74) is 1.64. The summed E-state index contributed by atoms with van der Waals surface area (Å²) in [7, 11) is 1.57. The average Bonchev–Trinajstić information content (AvgIpc) is 3.04. The molecule has 4 rings (SSSR count). The number of nitrogens with zero attached hydrogens (tertiary/aromatic N) is 4. The SMILES string of the molecule is COc1ccccc1NC(=O)N1CCN2C(=O)N(Cc3cccnc3)CC2C1. The summed E-state index contributed by atoms with van der Waals surface area (Å²) in [5.74, 6) is 0.619. The molecule has 146 valence electrons. The molecule has 0 saturated carbocycles. The molecule has 2 saturated heterocycles. The summed E-state index contributed by atoms with van der Waals surface area (Å²) < 4.78 is 5.29. The molecule has 0 radical (unpaired) electrons. The van der Waals surface area contributed by atoms with Crippen molar-refractivity contribution in [2.75, 3.05) is 38.6 Å². The smallest absolute Gasteiger partial charge is 0.322 e. The molecule has 4 amide bonds. The number of para-hydroxylation sites is 2. The molecule has 2 fully saturated rings. The molecule has 1 aromatic heterocycles. The van der Waals surface area contributed by atoms with Gasteiger partial charge in [0.25, 0.3) is 0 Å². The Bertz CT molecular complexity index is 860. The zero-order chi connectivity index (χ0) is 19.5. The molecule has 1 aromatic carbocycles. The van der Waals surface area contributed by atoms with Crippen LogP contribution in [-0.4, -0.2) is 71.1 Å². The summed E-state index contributed by atoms with van der Waals surface area (Å²) in [6, 6.07) is 11.0. The van der Waals surface area contributed by atoms with Crippen molar-refractivity contribution < 1.29 is 14.3 Å². The summed E-state index contributed by atoms with van der Waals surface area (Å²) in [4.78, 5) is 35.0. The third kappa shape index (κ3) is 3.58. The highest BCUT2D eigenvalue weighted by Gasteiger charge is 2.41. The number of benzene rings is 1. The number of rotatable bonds is 4. The van der Waals surface area contributed by atoms with Gasteiger partial charge in [-0.3, -0.25) is 4.98 Å². The van der Waals surface area contributed by atoms with E-state index in [1.54, 1.807) is 30.5 Å². The molecule has 2 aromatic rings. The number of urea groups is 2. The molecule has 1 unspecified atom stereocenters. The average molecular weight is 381 g/mol. The predicted octanol–water partition coefficient (Wildman–Crippen LogP) is 2.24. The van der Waals surface area contributed by atoms with Crippen molar-refractivity contribution in [1.82, 2.24) is 19.7 Å². The van der Waals surface area contributed by atoms with E-state index in [4.69, 9.17) is 4.74 Å². The molecule has 0 bridgehead atoms. The number of hydrogen-bond donors (Lipinski definition) is 1. The van der Waals surface area contributed by atoms with Gasteiger partial charge in [0.05, 0.1) is 18.8 Å². The Morgan fingerprint density at radius 1 is 1.21 bits per heavy atom. The van der Waals surface area contributed by atoms with Gasteiger partial charge in [-0.2, -0.15) is 0 Å². The van der Waals surface area contributed by atoms with Gasteiger partial charge in [0.1, 0.15) is 5.75 Å². The lowest BCUT2D eigenvalue weighted by molar-refractivity contribution is 0.135. The Balaban J connectivity index is 1.39. The zero-order valence-corrected chi connectivity index (χ0v) is 15.7. The Hall–Kier alpha value is -3.29. The fraction of sp³-hybridized carbons (Fsp3) is 0.350. The number of piperazine rings is 1. The van der Waals surface area contributed by atoms with Crippen LogP contribution < -0.4 is 10.1 Å². The number of fused-ring (bicyclic) bond motifs is 1. The lowest BCUT2D eigenvalue weighted by Gasteiger charge is -2.36. The number of pyridine rings is 1. The minimum absolute atomic E-state index is 0.00124. The molecule has 0 spiro atoms. The van der Waals surface area contributed by atoms with Crippen molar-refractivity contribution in [3.05, 3.63) is 54.4 Å². The van der Waals surface area contributed by atoms with E-state index < -0.39 is 0 Å². The number of carbonyl (C=O) groups is 2. The first-order valence-corrected chi connectivity index (χ1v) is 9.29. The maximum atomic E-state index is 12.7. The molecule has 28 heavy (non-hydrogen) atoms. The number of amides is 4. The lowest BCUT2D eigenvalue weighted by atomic mass is 10.2. The van der Waals surface area contributed by atoms with Gasteiger partial charge in [0, 0.05) is 45.1 Å². The van der Waals surface area contributed by atoms with Crippen LogP contribution in [0.15, 0.2) is 48.8 Å². The molecular formula is C20H23N5O3. The highest BCUT2D eigenvalue weighted by molar-refractivity contribution is 5.91. The Morgan fingerprint density at radius 2 is 2.07 bits per heavy atom. The van der Waals surface area contributed by atoms with Crippen LogP contribution in [0.4, 0.5) is 15.3 Å². The van der Waals surface area contributed by atoms with Gasteiger partial charge in [0.15, 0.2) is 0 Å². The van der Waals surface area contributed by atoms with Crippen LogP contribution in [0.3, 0.4) is 0 Å². The van der Waals surface area contributed by atoms with E-state index in [9.17, 15) is 9.59 Å². The van der Waals surface area contributed by atoms with Gasteiger partial charge in [0.2, 0.25) is 0 Å². The molecule has 2 aliphatic rings. The van der Waals surface area contributed by atoms with Gasteiger partial charge in [-0.25, -0.2) is 9.59 Å². The van der Waals surface area contributed by atoms with Crippen molar-refractivity contribution in [3.63, 3.8) is 0 Å². The van der Waals surface area contributed by atoms with Crippen LogP contribution in [-0.2, 0) is 6.54 Å². The summed E-state index contributed by atoms with van der Waals surface area (Å²) in [6.45, 7) is 2.69. The van der Waals surface area contributed by atoms with Gasteiger partial charge in [-0.15, -0.1) is 0 Å². The molecule has 2 aliphatic heterocycles. The molecule has 1 N–H and O–H groups in total. The summed E-state index contributed by atoms with van der Waals surface area (Å²) in [6.07, 6.45) is 3.49. The van der Waals surface area contributed by atoms with Crippen LogP contribution >= 0.6 is 0 Å². The van der Waals surface area contributed by atoms with E-state index in [1.165, 1.54) is 0 Å². The van der Waals surface area contributed by atoms with Crippen molar-refractivity contribution in [2.45, 2.75) is 12.6 Å². The molecule has 0 aliphatic carbocycles. The van der Waals surface area contributed by atoms with Crippen molar-refractivity contribution in [1.29, 1.82) is 0 Å². The molecular weight excluding hydrogens is 358 g/mol. The van der Waals surface area contributed by atoms with Crippen LogP contribution in [0.2, 0.25) is 0 Å². The molecule has 3 heterocycles. The van der Waals surface area contributed by atoms with Crippen molar-refractivity contribution in [3.8, 4) is 5.75 Å². The lowest BCUT2D eigenvalue weighted by Crippen LogP contribution is -2.54. The maximum Gasteiger partial charge on any atom is 0.322 e. The second-order valence-corrected chi connectivity index (χ2v) is 6.95. The van der Waals surface area contributed by atoms with Gasteiger partial charge in [-0.1, -0.05) is 18.2 Å². The van der Waals surface area contributed by atoms with E-state index >= 15 is 0 Å². The Kier molecular flexibility index (Phi) is 5.01. The van der Waals surface area contributed by atoms with Crippen molar-refractivity contribution >= 4 is 17.7 Å². The van der Waals surface area contributed by atoms with Crippen LogP contribution in [0.25, 0.3) is 0 Å². The van der Waals surface area contributed by atoms with E-state index in [1.807, 2.05) is 40.1 Å². The second kappa shape index (κ2) is 7.75. The highest BCUT2D eigenvalue weighted by atomic mass is 16.5. The molecule has 8 heteroatoms. The van der Waals surface area contributed by atoms with Crippen LogP contribution in [0.5, 0.6) is 5.75 Å². The minimum Gasteiger partial charge on any atom is -0.495 e. The second-order valence-electron chi connectivity index (χ2n) is 6.95. The topological polar surface area (TPSA) is 78.0 Å². The monoisotopic (exact) mass is 381 g/mol. The fourth-order valence-electron chi connectivity index (χ4n) is 3.75. The fourth-order valence-corrected chi connectivity index (χ4v) is 3.75. The summed E-state index contributed by atoms with van der Waals surface area (Å²) in [5, 5.41) is 2.91. The normalized spacial score (nSPS) is 18.8. The van der Waals surface area contributed by atoms with E-state index in [0.717, 1.165) is 5.56 Å². The first-order chi connectivity index (χ1) is 13.7. The number of ether oxygens (including phenoxy) is 1. The van der Waals surface area contributed by atoms with Crippen molar-refractivity contribution in [2.24, 2.45) is 0 Å². The predicted molar refractivity (Wildman–Crippen MR) is 104 cm³/mol. The largest absolute Gasteiger partial charge is 0.495 e. The van der Waals surface area contributed by atoms with E-state index in [-0.39, 0.29) is 18.1 Å². The van der Waals surface area contributed by atoms with Gasteiger partial charge >= 0.3 is 12.1 Å². The first-order valence-electron chi connectivity index (χ1n) is 9.29. The molecule has 1 atom stereocenters. The van der Waals surface area contributed by atoms with Gasteiger partial charge in [-0.05, 0) is 23.8 Å². The number of aromatic nitrogens is 1. The summed E-state index contributed by atoms with van der Waals surface area (Å²) >= 11 is 0. The number of carbonyl (C=O) groups excluding carboxylic acids is 2. The highest BCUT2D eigenvalue weighted by Crippen LogP contribution is 2.25. The Morgan fingerprint density at radius 3 is 2.86 bits per heavy atom. The maximum absolute atomic E-state index is 12.7. The number of anilines is 1. The van der Waals surface area contributed by atoms with E-state index in [2.05, 4.69) is 10.3 Å².